The molecule has 6 heteroatoms. The largest absolute Gasteiger partial charge is 0.481 e. The summed E-state index contributed by atoms with van der Waals surface area (Å²) in [5, 5.41) is 8.40. The highest BCUT2D eigenvalue weighted by atomic mass is 16.4. The molecule has 156 valence electrons. The summed E-state index contributed by atoms with van der Waals surface area (Å²) in [6.07, 6.45) is 0.621. The molecule has 0 saturated carbocycles. The highest BCUT2D eigenvalue weighted by molar-refractivity contribution is 5.98. The summed E-state index contributed by atoms with van der Waals surface area (Å²) in [5.74, 6) is -0.955. The monoisotopic (exact) mass is 400 g/mol. The van der Waals surface area contributed by atoms with Gasteiger partial charge in [0.15, 0.2) is 11.6 Å². The fourth-order valence-electron chi connectivity index (χ4n) is 2.28. The van der Waals surface area contributed by atoms with E-state index in [1.807, 2.05) is 38.1 Å². The van der Waals surface area contributed by atoms with Crippen LogP contribution in [0.3, 0.4) is 0 Å². The van der Waals surface area contributed by atoms with Crippen LogP contribution in [0.4, 0.5) is 0 Å². The van der Waals surface area contributed by atoms with Gasteiger partial charge in [0.25, 0.3) is 0 Å². The summed E-state index contributed by atoms with van der Waals surface area (Å²) >= 11 is 0. The third-order valence-corrected chi connectivity index (χ3v) is 4.02. The zero-order valence-corrected chi connectivity index (χ0v) is 17.0. The number of hydrogen-bond donors (Lipinski definition) is 1. The van der Waals surface area contributed by atoms with Gasteiger partial charge in [0.1, 0.15) is 5.78 Å². The van der Waals surface area contributed by atoms with E-state index in [1.54, 1.807) is 24.3 Å². The molecule has 6 nitrogen and oxygen atoms in total. The molecule has 0 radical (unpaired) electrons. The van der Waals surface area contributed by atoms with Gasteiger partial charge in [-0.25, -0.2) is 0 Å². The van der Waals surface area contributed by atoms with E-state index in [4.69, 9.17) is 5.11 Å². The lowest BCUT2D eigenvalue weighted by Gasteiger charge is -1.99. The fraction of sp³-hybridized carbons (Fsp3) is 0.304. The van der Waals surface area contributed by atoms with E-state index < -0.39 is 5.97 Å². The Morgan fingerprint density at radius 3 is 1.31 bits per heavy atom. The first-order chi connectivity index (χ1) is 13.2. The molecule has 2 aromatic carbocycles. The molecule has 2 aromatic rings. The predicted octanol–water partition coefficient (Wildman–Crippen LogP) is 3.76. The number of aliphatic carboxylic acids is 1. The first-order valence-electron chi connectivity index (χ1n) is 9.10. The van der Waals surface area contributed by atoms with E-state index in [-0.39, 0.29) is 35.7 Å². The van der Waals surface area contributed by atoms with Crippen LogP contribution in [0.5, 0.6) is 0 Å². The van der Waals surface area contributed by atoms with Crippen LogP contribution in [0.15, 0.2) is 48.5 Å². The minimum absolute atomic E-state index is 0. The molecule has 0 aliphatic carbocycles. The quantitative estimate of drug-likeness (QED) is 0.676. The number of hydrogen-bond acceptors (Lipinski definition) is 4. The maximum Gasteiger partial charge on any atom is 0.303 e. The van der Waals surface area contributed by atoms with Crippen molar-refractivity contribution < 1.29 is 29.8 Å². The smallest absolute Gasteiger partial charge is 0.303 e. The molecule has 0 aromatic heterocycles. The van der Waals surface area contributed by atoms with Gasteiger partial charge in [-0.3, -0.25) is 14.4 Å². The van der Waals surface area contributed by atoms with Gasteiger partial charge in [0.05, 0.1) is 6.42 Å². The third kappa shape index (κ3) is 10.7. The molecular weight excluding hydrogens is 372 g/mol. The Morgan fingerprint density at radius 2 is 1.00 bits per heavy atom. The van der Waals surface area contributed by atoms with Crippen molar-refractivity contribution in [3.63, 3.8) is 0 Å². The number of rotatable bonds is 8. The SMILES string of the molecule is CC(=O)CCC(=O)c1ccc(C)cc1.Cc1ccc(C(=O)CCC(=O)O)cc1.O. The molecule has 0 bridgehead atoms. The highest BCUT2D eigenvalue weighted by Gasteiger charge is 2.07. The highest BCUT2D eigenvalue weighted by Crippen LogP contribution is 2.08. The van der Waals surface area contributed by atoms with E-state index in [9.17, 15) is 19.2 Å². The number of carbonyl (C=O) groups is 4. The van der Waals surface area contributed by atoms with E-state index in [0.717, 1.165) is 11.1 Å². The number of carbonyl (C=O) groups excluding carboxylic acids is 3. The van der Waals surface area contributed by atoms with Crippen LogP contribution in [-0.4, -0.2) is 33.9 Å². The Balaban J connectivity index is 0.000000523. The molecule has 0 aliphatic heterocycles. The first kappa shape index (κ1) is 25.9. The maximum absolute atomic E-state index is 11.5. The molecule has 2 rings (SSSR count). The molecule has 0 heterocycles. The second kappa shape index (κ2) is 13.1. The molecule has 0 saturated heterocycles. The minimum atomic E-state index is -0.939. The summed E-state index contributed by atoms with van der Waals surface area (Å²) < 4.78 is 0. The van der Waals surface area contributed by atoms with Gasteiger partial charge in [0.2, 0.25) is 0 Å². The second-order valence-electron chi connectivity index (χ2n) is 6.67. The lowest BCUT2D eigenvalue weighted by Crippen LogP contribution is -2.03. The van der Waals surface area contributed by atoms with Gasteiger partial charge in [0, 0.05) is 30.4 Å². The van der Waals surface area contributed by atoms with E-state index >= 15 is 0 Å². The maximum atomic E-state index is 11.5. The van der Waals surface area contributed by atoms with Gasteiger partial charge >= 0.3 is 5.97 Å². The van der Waals surface area contributed by atoms with Gasteiger partial charge in [-0.05, 0) is 20.8 Å². The summed E-state index contributed by atoms with van der Waals surface area (Å²) in [7, 11) is 0. The molecule has 0 atom stereocenters. The predicted molar refractivity (Wildman–Crippen MR) is 111 cm³/mol. The first-order valence-corrected chi connectivity index (χ1v) is 9.10. The van der Waals surface area contributed by atoms with Crippen molar-refractivity contribution >= 4 is 23.3 Å². The molecule has 0 unspecified atom stereocenters. The lowest BCUT2D eigenvalue weighted by atomic mass is 10.0. The van der Waals surface area contributed by atoms with Crippen molar-refractivity contribution in [2.24, 2.45) is 0 Å². The Labute approximate surface area is 170 Å². The second-order valence-corrected chi connectivity index (χ2v) is 6.67. The topological polar surface area (TPSA) is 120 Å². The van der Waals surface area contributed by atoms with Gasteiger partial charge in [-0.2, -0.15) is 0 Å². The van der Waals surface area contributed by atoms with Crippen molar-refractivity contribution in [3.8, 4) is 0 Å². The molecule has 0 fully saturated rings. The summed E-state index contributed by atoms with van der Waals surface area (Å²) in [6.45, 7) is 5.41. The number of ketones is 3. The van der Waals surface area contributed by atoms with Crippen LogP contribution < -0.4 is 0 Å². The normalized spacial score (nSPS) is 9.48. The van der Waals surface area contributed by atoms with Crippen molar-refractivity contribution in [1.29, 1.82) is 0 Å². The average Bonchev–Trinajstić information content (AvgIpc) is 2.65. The summed E-state index contributed by atoms with van der Waals surface area (Å²) in [4.78, 5) is 43.8. The minimum Gasteiger partial charge on any atom is -0.481 e. The number of Topliss-reactive ketones (excluding diaryl/α,β-unsaturated/α-hetero) is 3. The number of benzene rings is 2. The van der Waals surface area contributed by atoms with Crippen LogP contribution in [0.1, 0.15) is 64.4 Å². The third-order valence-electron chi connectivity index (χ3n) is 4.02. The molecular formula is C23H28O6. The van der Waals surface area contributed by atoms with Crippen LogP contribution in [0.25, 0.3) is 0 Å². The Kier molecular flexibility index (Phi) is 11.7. The molecule has 0 spiro atoms. The van der Waals surface area contributed by atoms with E-state index in [0.29, 0.717) is 24.0 Å². The van der Waals surface area contributed by atoms with E-state index in [1.165, 1.54) is 6.92 Å². The molecule has 29 heavy (non-hydrogen) atoms. The Bertz CT molecular complexity index is 748. The molecule has 0 aliphatic rings. The number of carboxylic acid groups (broad SMARTS) is 1. The van der Waals surface area contributed by atoms with Crippen molar-refractivity contribution in [2.45, 2.75) is 46.5 Å². The molecule has 0 amide bonds. The summed E-state index contributed by atoms with van der Waals surface area (Å²) in [6, 6.07) is 14.5. The van der Waals surface area contributed by atoms with Crippen LogP contribution in [0.2, 0.25) is 0 Å². The van der Waals surface area contributed by atoms with Gasteiger partial charge < -0.3 is 15.4 Å². The van der Waals surface area contributed by atoms with Gasteiger partial charge in [-0.15, -0.1) is 0 Å². The standard InChI is InChI=1S/C12H14O2.C11H12O3.H2O/c1-9-3-6-11(7-4-9)12(14)8-5-10(2)13;1-8-2-4-9(5-3-8)10(12)6-7-11(13)14;/h3-4,6-7H,5,8H2,1-2H3;2-5H,6-7H2,1H3,(H,13,14);1H2. The number of carboxylic acids is 1. The van der Waals surface area contributed by atoms with Crippen molar-refractivity contribution in [1.82, 2.24) is 0 Å². The van der Waals surface area contributed by atoms with Crippen molar-refractivity contribution in [3.05, 3.63) is 70.8 Å². The lowest BCUT2D eigenvalue weighted by molar-refractivity contribution is -0.137. The average molecular weight is 400 g/mol. The van der Waals surface area contributed by atoms with Crippen molar-refractivity contribution in [2.75, 3.05) is 0 Å². The fourth-order valence-corrected chi connectivity index (χ4v) is 2.28. The van der Waals surface area contributed by atoms with E-state index in [2.05, 4.69) is 0 Å². The zero-order valence-electron chi connectivity index (χ0n) is 17.0. The van der Waals surface area contributed by atoms with Crippen LogP contribution >= 0.6 is 0 Å². The number of aryl methyl sites for hydroxylation is 2. The summed E-state index contributed by atoms with van der Waals surface area (Å²) in [5.41, 5.74) is 3.49. The zero-order chi connectivity index (χ0) is 21.1. The molecule has 3 N–H and O–H groups in total. The Morgan fingerprint density at radius 1 is 0.655 bits per heavy atom. The Hall–Kier alpha value is -3.12. The van der Waals surface area contributed by atoms with Crippen LogP contribution in [0, 0.1) is 13.8 Å². The van der Waals surface area contributed by atoms with Gasteiger partial charge in [-0.1, -0.05) is 59.7 Å². The van der Waals surface area contributed by atoms with Crippen LogP contribution in [-0.2, 0) is 9.59 Å².